The van der Waals surface area contributed by atoms with Gasteiger partial charge in [0, 0.05) is 18.2 Å². The zero-order valence-corrected chi connectivity index (χ0v) is 12.7. The van der Waals surface area contributed by atoms with Crippen LogP contribution in [0.3, 0.4) is 0 Å². The molecule has 2 amide bonds. The molecule has 2 aromatic carbocycles. The summed E-state index contributed by atoms with van der Waals surface area (Å²) in [6.45, 7) is 2.15. The molecule has 22 heavy (non-hydrogen) atoms. The topological polar surface area (TPSA) is 41.1 Å². The minimum Gasteiger partial charge on any atom is -0.336 e. The molecule has 3 nitrogen and oxygen atoms in total. The molecule has 0 spiro atoms. The summed E-state index contributed by atoms with van der Waals surface area (Å²) in [6.07, 6.45) is 1.77. The first-order valence-corrected chi connectivity index (χ1v) is 7.47. The van der Waals surface area contributed by atoms with Crippen LogP contribution in [0.4, 0.5) is 9.18 Å². The fourth-order valence-electron chi connectivity index (χ4n) is 2.19. The largest absolute Gasteiger partial charge is 0.336 e. The first-order valence-electron chi connectivity index (χ1n) is 7.47. The van der Waals surface area contributed by atoms with E-state index in [1.54, 1.807) is 18.2 Å². The lowest BCUT2D eigenvalue weighted by atomic mass is 10.1. The van der Waals surface area contributed by atoms with E-state index in [1.807, 2.05) is 25.1 Å². The molecule has 0 bridgehead atoms. The van der Waals surface area contributed by atoms with E-state index in [4.69, 9.17) is 0 Å². The summed E-state index contributed by atoms with van der Waals surface area (Å²) in [4.78, 5) is 11.8. The molecular weight excluding hydrogens is 279 g/mol. The Hall–Kier alpha value is -2.36. The molecule has 4 heteroatoms. The Morgan fingerprint density at radius 3 is 2.50 bits per heavy atom. The second-order valence-electron chi connectivity index (χ2n) is 5.34. The van der Waals surface area contributed by atoms with Crippen molar-refractivity contribution in [2.45, 2.75) is 32.4 Å². The highest BCUT2D eigenvalue weighted by atomic mass is 19.1. The van der Waals surface area contributed by atoms with E-state index in [2.05, 4.69) is 22.8 Å². The van der Waals surface area contributed by atoms with E-state index < -0.39 is 0 Å². The maximum Gasteiger partial charge on any atom is 0.315 e. The van der Waals surface area contributed by atoms with Gasteiger partial charge in [-0.3, -0.25) is 0 Å². The van der Waals surface area contributed by atoms with Crippen LogP contribution < -0.4 is 10.6 Å². The highest BCUT2D eigenvalue weighted by molar-refractivity contribution is 5.74. The van der Waals surface area contributed by atoms with Crippen LogP contribution >= 0.6 is 0 Å². The minimum absolute atomic E-state index is 0.0563. The van der Waals surface area contributed by atoms with E-state index in [-0.39, 0.29) is 24.4 Å². The number of carbonyl (C=O) groups is 1. The van der Waals surface area contributed by atoms with Gasteiger partial charge in [0.2, 0.25) is 0 Å². The molecule has 0 saturated carbocycles. The van der Waals surface area contributed by atoms with Crippen LogP contribution in [0.25, 0.3) is 0 Å². The van der Waals surface area contributed by atoms with E-state index in [0.29, 0.717) is 5.56 Å². The molecule has 0 radical (unpaired) electrons. The molecule has 0 fully saturated rings. The first-order chi connectivity index (χ1) is 10.6. The van der Waals surface area contributed by atoms with E-state index in [1.165, 1.54) is 11.6 Å². The maximum absolute atomic E-state index is 13.4. The number of aryl methyl sites for hydroxylation is 1. The molecule has 2 N–H and O–H groups in total. The van der Waals surface area contributed by atoms with Crippen LogP contribution in [0.1, 0.15) is 24.5 Å². The molecule has 0 aromatic heterocycles. The predicted octanol–water partition coefficient (Wildman–Crippen LogP) is 3.65. The highest BCUT2D eigenvalue weighted by Gasteiger charge is 2.08. The summed E-state index contributed by atoms with van der Waals surface area (Å²) >= 11 is 0. The zero-order chi connectivity index (χ0) is 15.8. The number of halogens is 1. The summed E-state index contributed by atoms with van der Waals surface area (Å²) in [5.74, 6) is -0.306. The minimum atomic E-state index is -0.306. The fourth-order valence-corrected chi connectivity index (χ4v) is 2.19. The second-order valence-corrected chi connectivity index (χ2v) is 5.34. The Labute approximate surface area is 130 Å². The van der Waals surface area contributed by atoms with Gasteiger partial charge in [-0.15, -0.1) is 0 Å². The van der Waals surface area contributed by atoms with Crippen molar-refractivity contribution in [2.24, 2.45) is 0 Å². The van der Waals surface area contributed by atoms with E-state index in [0.717, 1.165) is 12.8 Å². The normalized spacial score (nSPS) is 11.7. The lowest BCUT2D eigenvalue weighted by molar-refractivity contribution is 0.236. The number of benzene rings is 2. The number of amides is 2. The summed E-state index contributed by atoms with van der Waals surface area (Å²) in [7, 11) is 0. The Kier molecular flexibility index (Phi) is 5.95. The molecule has 0 saturated heterocycles. The van der Waals surface area contributed by atoms with E-state index in [9.17, 15) is 9.18 Å². The van der Waals surface area contributed by atoms with Crippen LogP contribution in [-0.4, -0.2) is 12.1 Å². The Morgan fingerprint density at radius 1 is 1.09 bits per heavy atom. The van der Waals surface area contributed by atoms with Gasteiger partial charge in [0.05, 0.1) is 0 Å². The molecule has 0 aliphatic carbocycles. The Morgan fingerprint density at radius 2 is 1.77 bits per heavy atom. The third-order valence-corrected chi connectivity index (χ3v) is 3.48. The summed E-state index contributed by atoms with van der Waals surface area (Å²) in [5.41, 5.74) is 1.73. The van der Waals surface area contributed by atoms with Gasteiger partial charge in [-0.2, -0.15) is 0 Å². The number of hydrogen-bond donors (Lipinski definition) is 2. The van der Waals surface area contributed by atoms with Gasteiger partial charge < -0.3 is 10.6 Å². The molecule has 1 atom stereocenters. The molecular formula is C18H21FN2O. The molecule has 2 rings (SSSR count). The number of carbonyl (C=O) groups excluding carboxylic acids is 1. The van der Waals surface area contributed by atoms with E-state index >= 15 is 0 Å². The van der Waals surface area contributed by atoms with Crippen molar-refractivity contribution < 1.29 is 9.18 Å². The van der Waals surface area contributed by atoms with Crippen LogP contribution in [-0.2, 0) is 13.0 Å². The van der Waals surface area contributed by atoms with Crippen molar-refractivity contribution >= 4 is 6.03 Å². The second kappa shape index (κ2) is 8.17. The van der Waals surface area contributed by atoms with Gasteiger partial charge in [-0.25, -0.2) is 9.18 Å². The van der Waals surface area contributed by atoms with Gasteiger partial charge >= 0.3 is 6.03 Å². The Balaban J connectivity index is 1.71. The average Bonchev–Trinajstić information content (AvgIpc) is 2.53. The van der Waals surface area contributed by atoms with Gasteiger partial charge in [-0.1, -0.05) is 48.5 Å². The lowest BCUT2D eigenvalue weighted by Crippen LogP contribution is -2.40. The van der Waals surface area contributed by atoms with Gasteiger partial charge in [0.25, 0.3) is 0 Å². The van der Waals surface area contributed by atoms with Gasteiger partial charge in [0.15, 0.2) is 0 Å². The fraction of sp³-hybridized carbons (Fsp3) is 0.278. The average molecular weight is 300 g/mol. The maximum atomic E-state index is 13.4. The van der Waals surface area contributed by atoms with Crippen molar-refractivity contribution in [1.82, 2.24) is 10.6 Å². The van der Waals surface area contributed by atoms with Crippen LogP contribution in [0, 0.1) is 5.82 Å². The molecule has 116 valence electrons. The van der Waals surface area contributed by atoms with Crippen LogP contribution in [0.15, 0.2) is 54.6 Å². The first kappa shape index (κ1) is 16.0. The van der Waals surface area contributed by atoms with Crippen molar-refractivity contribution in [2.75, 3.05) is 0 Å². The zero-order valence-electron chi connectivity index (χ0n) is 12.7. The van der Waals surface area contributed by atoms with Crippen molar-refractivity contribution in [3.05, 3.63) is 71.5 Å². The van der Waals surface area contributed by atoms with Crippen molar-refractivity contribution in [3.8, 4) is 0 Å². The number of nitrogens with one attached hydrogen (secondary N) is 2. The number of urea groups is 1. The van der Waals surface area contributed by atoms with Crippen LogP contribution in [0.5, 0.6) is 0 Å². The molecule has 0 aliphatic rings. The highest BCUT2D eigenvalue weighted by Crippen LogP contribution is 2.06. The molecule has 1 unspecified atom stereocenters. The third kappa shape index (κ3) is 5.20. The Bertz CT molecular complexity index is 601. The summed E-state index contributed by atoms with van der Waals surface area (Å²) < 4.78 is 13.4. The standard InChI is InChI=1S/C18H21FN2O/c1-14(11-12-15-7-3-2-4-8-15)21-18(22)20-13-16-9-5-6-10-17(16)19/h2-10,14H,11-13H2,1H3,(H2,20,21,22). The van der Waals surface area contributed by atoms with Crippen molar-refractivity contribution in [3.63, 3.8) is 0 Å². The predicted molar refractivity (Wildman–Crippen MR) is 86.0 cm³/mol. The van der Waals surface area contributed by atoms with Gasteiger partial charge in [-0.05, 0) is 31.4 Å². The summed E-state index contributed by atoms with van der Waals surface area (Å²) in [5, 5.41) is 5.55. The van der Waals surface area contributed by atoms with Gasteiger partial charge in [0.1, 0.15) is 5.82 Å². The van der Waals surface area contributed by atoms with Crippen LogP contribution in [0.2, 0.25) is 0 Å². The monoisotopic (exact) mass is 300 g/mol. The molecule has 2 aromatic rings. The van der Waals surface area contributed by atoms with Crippen molar-refractivity contribution in [1.29, 1.82) is 0 Å². The third-order valence-electron chi connectivity index (χ3n) is 3.48. The SMILES string of the molecule is CC(CCc1ccccc1)NC(=O)NCc1ccccc1F. The number of rotatable bonds is 6. The number of hydrogen-bond acceptors (Lipinski definition) is 1. The summed E-state index contributed by atoms with van der Waals surface area (Å²) in [6, 6.07) is 16.4. The molecule has 0 heterocycles. The lowest BCUT2D eigenvalue weighted by Gasteiger charge is -2.15. The molecule has 0 aliphatic heterocycles. The quantitative estimate of drug-likeness (QED) is 0.840. The smallest absolute Gasteiger partial charge is 0.315 e.